The fourth-order valence-corrected chi connectivity index (χ4v) is 4.30. The first-order valence-electron chi connectivity index (χ1n) is 10.5. The third kappa shape index (κ3) is 4.39. The predicted molar refractivity (Wildman–Crippen MR) is 130 cm³/mol. The summed E-state index contributed by atoms with van der Waals surface area (Å²) >= 11 is 3.47. The zero-order chi connectivity index (χ0) is 23.5. The fraction of sp³-hybridized carbons (Fsp3) is 0.200. The second-order valence-electron chi connectivity index (χ2n) is 7.56. The summed E-state index contributed by atoms with van der Waals surface area (Å²) in [7, 11) is 1.56. The van der Waals surface area contributed by atoms with E-state index >= 15 is 0 Å². The molecule has 0 bridgehead atoms. The lowest BCUT2D eigenvalue weighted by molar-refractivity contribution is 0.0656. The summed E-state index contributed by atoms with van der Waals surface area (Å²) in [5.74, 6) is -0.104. The number of fused-ring (bicyclic) bond motifs is 3. The highest BCUT2D eigenvalue weighted by Gasteiger charge is 2.38. The topological polar surface area (TPSA) is 77.3 Å². The maximum Gasteiger partial charge on any atom is 0.263 e. The van der Waals surface area contributed by atoms with Gasteiger partial charge in [-0.1, -0.05) is 49.1 Å². The van der Waals surface area contributed by atoms with Crippen molar-refractivity contribution in [2.45, 2.75) is 19.9 Å². The van der Waals surface area contributed by atoms with Crippen molar-refractivity contribution < 1.29 is 14.3 Å². The van der Waals surface area contributed by atoms with Gasteiger partial charge in [0.2, 0.25) is 0 Å². The number of allylic oxidation sites excluding steroid dienone is 4. The Kier molecular flexibility index (Phi) is 6.55. The average Bonchev–Trinajstić information content (AvgIpc) is 3.28. The number of pyridine rings is 1. The number of halogens is 1. The van der Waals surface area contributed by atoms with Gasteiger partial charge >= 0.3 is 0 Å². The number of carbonyl (C=O) groups is 2. The van der Waals surface area contributed by atoms with Crippen molar-refractivity contribution in [1.29, 1.82) is 0 Å². The minimum Gasteiger partial charge on any atom is -0.497 e. The summed E-state index contributed by atoms with van der Waals surface area (Å²) in [5.41, 5.74) is 3.21. The summed E-state index contributed by atoms with van der Waals surface area (Å²) in [4.78, 5) is 32.0. The van der Waals surface area contributed by atoms with Crippen molar-refractivity contribution in [2.24, 2.45) is 0 Å². The van der Waals surface area contributed by atoms with Gasteiger partial charge in [0.25, 0.3) is 11.8 Å². The molecular weight excluding hydrogens is 484 g/mol. The first-order valence-corrected chi connectivity index (χ1v) is 11.2. The van der Waals surface area contributed by atoms with Gasteiger partial charge in [-0.25, -0.2) is 9.67 Å². The van der Waals surface area contributed by atoms with E-state index < -0.39 is 0 Å². The summed E-state index contributed by atoms with van der Waals surface area (Å²) in [6, 6.07) is 9.78. The van der Waals surface area contributed by atoms with Crippen molar-refractivity contribution in [3.8, 4) is 0 Å². The van der Waals surface area contributed by atoms with E-state index in [9.17, 15) is 9.59 Å². The highest BCUT2D eigenvalue weighted by Crippen LogP contribution is 2.33. The van der Waals surface area contributed by atoms with Crippen LogP contribution in [0.5, 0.6) is 0 Å². The Morgan fingerprint density at radius 3 is 2.64 bits per heavy atom. The van der Waals surface area contributed by atoms with Crippen molar-refractivity contribution in [1.82, 2.24) is 19.7 Å². The molecule has 2 amide bonds. The number of benzene rings is 1. The van der Waals surface area contributed by atoms with E-state index in [-0.39, 0.29) is 11.8 Å². The minimum atomic E-state index is -0.324. The molecule has 0 N–H and O–H groups in total. The van der Waals surface area contributed by atoms with Gasteiger partial charge in [-0.15, -0.1) is 0 Å². The third-order valence-electron chi connectivity index (χ3n) is 5.57. The van der Waals surface area contributed by atoms with E-state index in [1.54, 1.807) is 17.9 Å². The first-order chi connectivity index (χ1) is 15.9. The monoisotopic (exact) mass is 506 g/mol. The Labute approximate surface area is 200 Å². The van der Waals surface area contributed by atoms with E-state index in [0.29, 0.717) is 52.0 Å². The smallest absolute Gasteiger partial charge is 0.263 e. The summed E-state index contributed by atoms with van der Waals surface area (Å²) in [6.45, 7) is 6.44. The van der Waals surface area contributed by atoms with Gasteiger partial charge in [0.15, 0.2) is 5.65 Å². The van der Waals surface area contributed by atoms with Crippen LogP contribution in [0, 0.1) is 0 Å². The number of nitrogens with zero attached hydrogens (tertiary/aromatic N) is 4. The summed E-state index contributed by atoms with van der Waals surface area (Å²) in [6.07, 6.45) is 7.68. The van der Waals surface area contributed by atoms with Crippen molar-refractivity contribution in [3.63, 3.8) is 0 Å². The maximum absolute atomic E-state index is 13.3. The van der Waals surface area contributed by atoms with E-state index in [1.807, 2.05) is 49.4 Å². The number of rotatable bonds is 8. The molecular formula is C25H23BrN4O3. The Morgan fingerprint density at radius 2 is 1.94 bits per heavy atom. The lowest BCUT2D eigenvalue weighted by Crippen LogP contribution is -2.31. The molecule has 0 saturated heterocycles. The molecule has 0 aliphatic carbocycles. The molecule has 8 heteroatoms. The van der Waals surface area contributed by atoms with Crippen LogP contribution < -0.4 is 0 Å². The molecule has 0 saturated carbocycles. The van der Waals surface area contributed by atoms with Gasteiger partial charge < -0.3 is 4.74 Å². The highest BCUT2D eigenvalue weighted by molar-refractivity contribution is 9.10. The molecule has 4 rings (SSSR count). The summed E-state index contributed by atoms with van der Waals surface area (Å²) in [5, 5.41) is 5.09. The first kappa shape index (κ1) is 22.7. The number of methoxy groups -OCH3 is 1. The Balaban J connectivity index is 1.64. The second kappa shape index (κ2) is 9.54. The lowest BCUT2D eigenvalue weighted by atomic mass is 10.1. The van der Waals surface area contributed by atoms with Crippen LogP contribution in [-0.2, 0) is 17.7 Å². The molecule has 0 spiro atoms. The molecule has 33 heavy (non-hydrogen) atoms. The van der Waals surface area contributed by atoms with Gasteiger partial charge in [0, 0.05) is 12.7 Å². The molecule has 0 atom stereocenters. The van der Waals surface area contributed by atoms with Crippen LogP contribution in [0.15, 0.2) is 77.3 Å². The van der Waals surface area contributed by atoms with Crippen LogP contribution in [0.3, 0.4) is 0 Å². The van der Waals surface area contributed by atoms with Crippen LogP contribution >= 0.6 is 15.9 Å². The zero-order valence-electron chi connectivity index (χ0n) is 18.4. The Bertz CT molecular complexity index is 1310. The largest absolute Gasteiger partial charge is 0.497 e. The molecule has 7 nitrogen and oxygen atoms in total. The number of amides is 2. The zero-order valence-corrected chi connectivity index (χ0v) is 20.0. The Hall–Kier alpha value is -3.52. The van der Waals surface area contributed by atoms with Gasteiger partial charge in [-0.3, -0.25) is 14.5 Å². The SMILES string of the molecule is C=C(/C=C\C(=C/C)Cn1nc(Br)c2c3c(cnc21)C(=O)N(CCc1ccccc1)C3=O)OC. The van der Waals surface area contributed by atoms with E-state index in [4.69, 9.17) is 4.74 Å². The molecule has 3 aromatic rings. The molecule has 1 aliphatic heterocycles. The molecule has 0 fully saturated rings. The molecule has 0 unspecified atom stereocenters. The third-order valence-corrected chi connectivity index (χ3v) is 6.12. The minimum absolute atomic E-state index is 0.306. The Morgan fingerprint density at radius 1 is 1.18 bits per heavy atom. The number of carbonyl (C=O) groups excluding carboxylic acids is 2. The average molecular weight is 507 g/mol. The number of ether oxygens (including phenoxy) is 1. The van der Waals surface area contributed by atoms with Crippen LogP contribution in [0.4, 0.5) is 0 Å². The van der Waals surface area contributed by atoms with E-state index in [0.717, 1.165) is 11.1 Å². The van der Waals surface area contributed by atoms with Gasteiger partial charge in [0.05, 0.1) is 30.2 Å². The molecule has 0 radical (unpaired) electrons. The standard InChI is InChI=1S/C25H23BrN4O3/c1-4-17(11-10-16(2)33-3)15-30-23-21(22(26)28-30)20-19(14-27-23)24(31)29(25(20)32)13-12-18-8-6-5-7-9-18/h4-11,14H,2,12-13,15H2,1,3H3/b11-10-,17-4+. The van der Waals surface area contributed by atoms with Crippen molar-refractivity contribution in [2.75, 3.05) is 13.7 Å². The molecule has 3 heterocycles. The number of hydrogen-bond donors (Lipinski definition) is 0. The highest BCUT2D eigenvalue weighted by atomic mass is 79.9. The van der Waals surface area contributed by atoms with Crippen molar-refractivity contribution in [3.05, 3.63) is 94.0 Å². The molecule has 1 aliphatic rings. The maximum atomic E-state index is 13.3. The molecule has 1 aromatic carbocycles. The van der Waals surface area contributed by atoms with Crippen LogP contribution in [0.2, 0.25) is 0 Å². The fourth-order valence-electron chi connectivity index (χ4n) is 3.73. The molecule has 2 aromatic heterocycles. The van der Waals surface area contributed by atoms with E-state index in [2.05, 4.69) is 32.6 Å². The van der Waals surface area contributed by atoms with Crippen LogP contribution in [0.1, 0.15) is 33.2 Å². The van der Waals surface area contributed by atoms with Gasteiger partial charge in [-0.2, -0.15) is 5.10 Å². The van der Waals surface area contributed by atoms with Gasteiger partial charge in [-0.05, 0) is 46.5 Å². The normalized spacial score (nSPS) is 13.9. The quantitative estimate of drug-likeness (QED) is 0.251. The van der Waals surface area contributed by atoms with Crippen molar-refractivity contribution >= 4 is 38.8 Å². The van der Waals surface area contributed by atoms with Gasteiger partial charge in [0.1, 0.15) is 10.4 Å². The van der Waals surface area contributed by atoms with Crippen LogP contribution in [-0.4, -0.2) is 45.1 Å². The molecule has 168 valence electrons. The number of aromatic nitrogens is 3. The van der Waals surface area contributed by atoms with Crippen LogP contribution in [0.25, 0.3) is 11.0 Å². The number of imide groups is 1. The predicted octanol–water partition coefficient (Wildman–Crippen LogP) is 4.70. The van der Waals surface area contributed by atoms with E-state index in [1.165, 1.54) is 11.1 Å². The lowest BCUT2D eigenvalue weighted by Gasteiger charge is -2.13. The number of hydrogen-bond acceptors (Lipinski definition) is 5. The summed E-state index contributed by atoms with van der Waals surface area (Å²) < 4.78 is 7.26. The second-order valence-corrected chi connectivity index (χ2v) is 8.31.